The molecule has 0 aromatic heterocycles. The Bertz CT molecular complexity index is 244. The summed E-state index contributed by atoms with van der Waals surface area (Å²) >= 11 is 0. The second kappa shape index (κ2) is 6.24. The maximum Gasteiger partial charge on any atom is 0.317 e. The molecule has 1 N–H and O–H groups in total. The molecular weight excluding hydrogens is 216 g/mol. The fourth-order valence-electron chi connectivity index (χ4n) is 2.51. The zero-order valence-corrected chi connectivity index (χ0v) is 10.8. The largest absolute Gasteiger partial charge is 0.381 e. The molecule has 2 aliphatic rings. The predicted octanol–water partition coefficient (Wildman–Crippen LogP) is 1.85. The number of rotatable bonds is 2. The molecule has 17 heavy (non-hydrogen) atoms. The molecule has 2 saturated heterocycles. The number of piperidine rings is 1. The molecule has 0 atom stereocenters. The number of carbonyl (C=O) groups excluding carboxylic acids is 1. The Hall–Kier alpha value is -0.770. The van der Waals surface area contributed by atoms with Crippen molar-refractivity contribution in [2.24, 2.45) is 11.8 Å². The van der Waals surface area contributed by atoms with Crippen molar-refractivity contribution in [2.75, 3.05) is 32.8 Å². The highest BCUT2D eigenvalue weighted by molar-refractivity contribution is 5.74. The van der Waals surface area contributed by atoms with E-state index in [1.54, 1.807) is 0 Å². The highest BCUT2D eigenvalue weighted by Gasteiger charge is 2.21. The van der Waals surface area contributed by atoms with E-state index in [1.165, 1.54) is 0 Å². The summed E-state index contributed by atoms with van der Waals surface area (Å²) in [6.07, 6.45) is 4.45. The summed E-state index contributed by atoms with van der Waals surface area (Å²) in [5, 5.41) is 3.07. The van der Waals surface area contributed by atoms with Gasteiger partial charge >= 0.3 is 6.03 Å². The predicted molar refractivity (Wildman–Crippen MR) is 66.9 cm³/mol. The summed E-state index contributed by atoms with van der Waals surface area (Å²) in [6.45, 7) is 6.61. The second-order valence-electron chi connectivity index (χ2n) is 5.41. The van der Waals surface area contributed by atoms with Gasteiger partial charge in [0.25, 0.3) is 0 Å². The van der Waals surface area contributed by atoms with Gasteiger partial charge in [0.2, 0.25) is 0 Å². The van der Waals surface area contributed by atoms with Crippen molar-refractivity contribution in [1.29, 1.82) is 0 Å². The Labute approximate surface area is 104 Å². The summed E-state index contributed by atoms with van der Waals surface area (Å²) < 4.78 is 5.31. The van der Waals surface area contributed by atoms with E-state index in [0.29, 0.717) is 5.92 Å². The summed E-state index contributed by atoms with van der Waals surface area (Å²) in [6, 6.07) is 0.128. The fraction of sp³-hybridized carbons (Fsp3) is 0.923. The van der Waals surface area contributed by atoms with Crippen LogP contribution >= 0.6 is 0 Å². The first-order chi connectivity index (χ1) is 8.25. The van der Waals surface area contributed by atoms with Gasteiger partial charge in [0.05, 0.1) is 0 Å². The molecule has 2 fully saturated rings. The highest BCUT2D eigenvalue weighted by atomic mass is 16.5. The third-order valence-electron chi connectivity index (χ3n) is 3.95. The summed E-state index contributed by atoms with van der Waals surface area (Å²) in [5.41, 5.74) is 0. The van der Waals surface area contributed by atoms with Crippen molar-refractivity contribution in [3.05, 3.63) is 0 Å². The Morgan fingerprint density at radius 3 is 2.53 bits per heavy atom. The van der Waals surface area contributed by atoms with Crippen LogP contribution in [-0.2, 0) is 4.74 Å². The van der Waals surface area contributed by atoms with Crippen molar-refractivity contribution in [3.8, 4) is 0 Å². The smallest absolute Gasteiger partial charge is 0.317 e. The van der Waals surface area contributed by atoms with Gasteiger partial charge in [0, 0.05) is 32.8 Å². The minimum atomic E-state index is 0.128. The molecule has 0 saturated carbocycles. The number of urea groups is 1. The lowest BCUT2D eigenvalue weighted by Gasteiger charge is -2.31. The first-order valence-corrected chi connectivity index (χ1v) is 6.86. The zero-order chi connectivity index (χ0) is 12.1. The van der Waals surface area contributed by atoms with E-state index in [2.05, 4.69) is 12.2 Å². The monoisotopic (exact) mass is 240 g/mol. The van der Waals surface area contributed by atoms with E-state index in [4.69, 9.17) is 4.74 Å². The lowest BCUT2D eigenvalue weighted by molar-refractivity contribution is 0.0662. The number of carbonyl (C=O) groups is 1. The maximum absolute atomic E-state index is 11.9. The molecule has 0 aliphatic carbocycles. The van der Waals surface area contributed by atoms with E-state index in [-0.39, 0.29) is 6.03 Å². The number of nitrogens with one attached hydrogen (secondary N) is 1. The molecule has 98 valence electrons. The van der Waals surface area contributed by atoms with E-state index in [1.807, 2.05) is 4.90 Å². The van der Waals surface area contributed by atoms with Crippen LogP contribution in [0.3, 0.4) is 0 Å². The van der Waals surface area contributed by atoms with Crippen LogP contribution in [0.4, 0.5) is 4.79 Å². The number of hydrogen-bond acceptors (Lipinski definition) is 2. The van der Waals surface area contributed by atoms with Gasteiger partial charge < -0.3 is 15.0 Å². The standard InChI is InChI=1S/C13H24N2O2/c1-11-2-6-15(7-3-11)13(16)14-10-12-4-8-17-9-5-12/h11-12H,2-10H2,1H3,(H,14,16). The van der Waals surface area contributed by atoms with Crippen molar-refractivity contribution < 1.29 is 9.53 Å². The van der Waals surface area contributed by atoms with E-state index >= 15 is 0 Å². The minimum absolute atomic E-state index is 0.128. The van der Waals surface area contributed by atoms with E-state index < -0.39 is 0 Å². The average Bonchev–Trinajstić information content (AvgIpc) is 2.38. The highest BCUT2D eigenvalue weighted by Crippen LogP contribution is 2.16. The molecule has 0 aromatic carbocycles. The van der Waals surface area contributed by atoms with Crippen LogP contribution in [-0.4, -0.2) is 43.8 Å². The van der Waals surface area contributed by atoms with Crippen molar-refractivity contribution >= 4 is 6.03 Å². The number of ether oxygens (including phenoxy) is 1. The molecule has 2 amide bonds. The van der Waals surface area contributed by atoms with Crippen LogP contribution < -0.4 is 5.32 Å². The van der Waals surface area contributed by atoms with E-state index in [0.717, 1.165) is 64.4 Å². The van der Waals surface area contributed by atoms with E-state index in [9.17, 15) is 4.79 Å². The third-order valence-corrected chi connectivity index (χ3v) is 3.95. The van der Waals surface area contributed by atoms with Crippen molar-refractivity contribution in [3.63, 3.8) is 0 Å². The molecule has 2 heterocycles. The first kappa shape index (κ1) is 12.7. The first-order valence-electron chi connectivity index (χ1n) is 6.86. The number of nitrogens with zero attached hydrogens (tertiary/aromatic N) is 1. The topological polar surface area (TPSA) is 41.6 Å². The summed E-state index contributed by atoms with van der Waals surface area (Å²) in [5.74, 6) is 1.38. The normalized spacial score (nSPS) is 23.7. The van der Waals surface area contributed by atoms with Gasteiger partial charge in [-0.05, 0) is 37.5 Å². The Morgan fingerprint density at radius 1 is 1.24 bits per heavy atom. The number of amides is 2. The van der Waals surface area contributed by atoms with Gasteiger partial charge in [0.1, 0.15) is 0 Å². The third kappa shape index (κ3) is 3.87. The lowest BCUT2D eigenvalue weighted by Crippen LogP contribution is -2.45. The average molecular weight is 240 g/mol. The molecule has 0 spiro atoms. The van der Waals surface area contributed by atoms with Crippen LogP contribution in [0.5, 0.6) is 0 Å². The second-order valence-corrected chi connectivity index (χ2v) is 5.41. The van der Waals surface area contributed by atoms with Gasteiger partial charge in [-0.25, -0.2) is 4.79 Å². The van der Waals surface area contributed by atoms with Gasteiger partial charge in [0.15, 0.2) is 0 Å². The van der Waals surface area contributed by atoms with Gasteiger partial charge in [-0.15, -0.1) is 0 Å². The van der Waals surface area contributed by atoms with Crippen molar-refractivity contribution in [2.45, 2.75) is 32.6 Å². The Morgan fingerprint density at radius 2 is 1.88 bits per heavy atom. The number of likely N-dealkylation sites (tertiary alicyclic amines) is 1. The summed E-state index contributed by atoms with van der Waals surface area (Å²) in [4.78, 5) is 13.9. The van der Waals surface area contributed by atoms with Crippen LogP contribution in [0.15, 0.2) is 0 Å². The van der Waals surface area contributed by atoms with Crippen molar-refractivity contribution in [1.82, 2.24) is 10.2 Å². The molecule has 0 unspecified atom stereocenters. The van der Waals surface area contributed by atoms with Crippen LogP contribution in [0.1, 0.15) is 32.6 Å². The fourth-order valence-corrected chi connectivity index (χ4v) is 2.51. The molecule has 0 bridgehead atoms. The zero-order valence-electron chi connectivity index (χ0n) is 10.8. The number of hydrogen-bond donors (Lipinski definition) is 1. The van der Waals surface area contributed by atoms with Gasteiger partial charge in [-0.2, -0.15) is 0 Å². The molecule has 4 heteroatoms. The van der Waals surface area contributed by atoms with Crippen LogP contribution in [0.2, 0.25) is 0 Å². The molecule has 2 rings (SSSR count). The van der Waals surface area contributed by atoms with Gasteiger partial charge in [-0.3, -0.25) is 0 Å². The maximum atomic E-state index is 11.9. The summed E-state index contributed by atoms with van der Waals surface area (Å²) in [7, 11) is 0. The molecule has 2 aliphatic heterocycles. The van der Waals surface area contributed by atoms with Crippen LogP contribution in [0, 0.1) is 11.8 Å². The SMILES string of the molecule is CC1CCN(C(=O)NCC2CCOCC2)CC1. The molecule has 0 aromatic rings. The lowest BCUT2D eigenvalue weighted by atomic mass is 9.99. The quantitative estimate of drug-likeness (QED) is 0.800. The van der Waals surface area contributed by atoms with Gasteiger partial charge in [-0.1, -0.05) is 6.92 Å². The molecule has 4 nitrogen and oxygen atoms in total. The Balaban J connectivity index is 1.66. The Kier molecular flexibility index (Phi) is 4.66. The van der Waals surface area contributed by atoms with Crippen LogP contribution in [0.25, 0.3) is 0 Å². The minimum Gasteiger partial charge on any atom is -0.381 e. The molecule has 0 radical (unpaired) electrons. The molecular formula is C13H24N2O2.